The summed E-state index contributed by atoms with van der Waals surface area (Å²) in [6, 6.07) is 3.90. The number of nitrogens with zero attached hydrogens (tertiary/aromatic N) is 2. The molecular formula is C16H23N3O2. The van der Waals surface area contributed by atoms with Crippen molar-refractivity contribution in [3.63, 3.8) is 0 Å². The van der Waals surface area contributed by atoms with Crippen molar-refractivity contribution in [2.24, 2.45) is 0 Å². The van der Waals surface area contributed by atoms with Crippen molar-refractivity contribution in [3.05, 3.63) is 30.1 Å². The lowest BCUT2D eigenvalue weighted by Crippen LogP contribution is -2.41. The molecule has 1 N–H and O–H groups in total. The van der Waals surface area contributed by atoms with Gasteiger partial charge in [-0.25, -0.2) is 4.98 Å². The molecular weight excluding hydrogens is 266 g/mol. The minimum atomic E-state index is -0.218. The van der Waals surface area contributed by atoms with E-state index < -0.39 is 0 Å². The highest BCUT2D eigenvalue weighted by atomic mass is 16.5. The van der Waals surface area contributed by atoms with Crippen LogP contribution in [-0.4, -0.2) is 34.7 Å². The molecule has 0 spiro atoms. The average Bonchev–Trinajstić information content (AvgIpc) is 2.73. The molecule has 0 atom stereocenters. The molecule has 21 heavy (non-hydrogen) atoms. The molecule has 0 radical (unpaired) electrons. The molecule has 5 heteroatoms. The number of rotatable bonds is 5. The maximum absolute atomic E-state index is 12.1. The first-order chi connectivity index (χ1) is 9.90. The molecule has 0 saturated carbocycles. The van der Waals surface area contributed by atoms with Gasteiger partial charge in [0, 0.05) is 37.0 Å². The molecule has 2 aromatic rings. The number of hydrogen-bond acceptors (Lipinski definition) is 3. The Bertz CT molecular complexity index is 626. The van der Waals surface area contributed by atoms with E-state index in [9.17, 15) is 4.79 Å². The number of carbonyl (C=O) groups is 1. The Kier molecular flexibility index (Phi) is 4.63. The summed E-state index contributed by atoms with van der Waals surface area (Å²) >= 11 is 0. The van der Waals surface area contributed by atoms with Gasteiger partial charge in [0.15, 0.2) is 0 Å². The van der Waals surface area contributed by atoms with E-state index >= 15 is 0 Å². The first-order valence-corrected chi connectivity index (χ1v) is 7.13. The van der Waals surface area contributed by atoms with E-state index in [4.69, 9.17) is 4.74 Å². The number of carbonyl (C=O) groups excluding carboxylic acids is 1. The first-order valence-electron chi connectivity index (χ1n) is 7.13. The van der Waals surface area contributed by atoms with E-state index in [-0.39, 0.29) is 11.4 Å². The van der Waals surface area contributed by atoms with Crippen LogP contribution in [0.1, 0.15) is 26.3 Å². The Morgan fingerprint density at radius 1 is 1.43 bits per heavy atom. The number of ether oxygens (including phenoxy) is 1. The van der Waals surface area contributed by atoms with Gasteiger partial charge in [0.1, 0.15) is 5.65 Å². The topological polar surface area (TPSA) is 56.1 Å². The van der Waals surface area contributed by atoms with Crippen LogP contribution in [0.25, 0.3) is 11.0 Å². The molecule has 0 bridgehead atoms. The molecule has 0 unspecified atom stereocenters. The zero-order valence-electron chi connectivity index (χ0n) is 13.1. The summed E-state index contributed by atoms with van der Waals surface area (Å²) < 4.78 is 7.16. The number of methoxy groups -OCH3 is 1. The average molecular weight is 289 g/mol. The van der Waals surface area contributed by atoms with Crippen molar-refractivity contribution in [1.82, 2.24) is 14.9 Å². The fourth-order valence-corrected chi connectivity index (χ4v) is 2.33. The van der Waals surface area contributed by atoms with Crippen LogP contribution in [0.5, 0.6) is 0 Å². The summed E-state index contributed by atoms with van der Waals surface area (Å²) in [5.74, 6) is 0.0251. The summed E-state index contributed by atoms with van der Waals surface area (Å²) in [6.07, 6.45) is 4.13. The van der Waals surface area contributed by atoms with Crippen LogP contribution in [-0.2, 0) is 22.5 Å². The highest BCUT2D eigenvalue weighted by molar-refractivity contribution is 5.87. The van der Waals surface area contributed by atoms with Crippen molar-refractivity contribution in [2.45, 2.75) is 39.3 Å². The lowest BCUT2D eigenvalue weighted by atomic mass is 10.1. The van der Waals surface area contributed by atoms with Crippen LogP contribution in [0, 0.1) is 0 Å². The van der Waals surface area contributed by atoms with Crippen molar-refractivity contribution < 1.29 is 9.53 Å². The normalized spacial score (nSPS) is 11.8. The predicted molar refractivity (Wildman–Crippen MR) is 83.2 cm³/mol. The first kappa shape index (κ1) is 15.5. The highest BCUT2D eigenvalue weighted by Crippen LogP contribution is 2.20. The smallest absolute Gasteiger partial charge is 0.224 e. The standard InChI is InChI=1S/C16H23N3O2/c1-16(2,3)18-14(20)10-12-11-19(8-9-21-4)15-13(12)6-5-7-17-15/h5-7,11H,8-10H2,1-4H3,(H,18,20). The lowest BCUT2D eigenvalue weighted by Gasteiger charge is -2.20. The molecule has 0 aliphatic rings. The Labute approximate surface area is 125 Å². The van der Waals surface area contributed by atoms with Crippen LogP contribution in [0.4, 0.5) is 0 Å². The molecule has 1 amide bonds. The molecule has 0 saturated heterocycles. The molecule has 2 rings (SSSR count). The molecule has 0 aliphatic carbocycles. The van der Waals surface area contributed by atoms with Crippen molar-refractivity contribution in [3.8, 4) is 0 Å². The van der Waals surface area contributed by atoms with Gasteiger partial charge in [-0.15, -0.1) is 0 Å². The van der Waals surface area contributed by atoms with E-state index in [2.05, 4.69) is 10.3 Å². The minimum Gasteiger partial charge on any atom is -0.383 e. The number of hydrogen-bond donors (Lipinski definition) is 1. The van der Waals surface area contributed by atoms with Gasteiger partial charge in [-0.1, -0.05) is 0 Å². The van der Waals surface area contributed by atoms with Crippen LogP contribution >= 0.6 is 0 Å². The van der Waals surface area contributed by atoms with Gasteiger partial charge >= 0.3 is 0 Å². The second-order valence-electron chi connectivity index (χ2n) is 6.19. The van der Waals surface area contributed by atoms with Crippen LogP contribution in [0.2, 0.25) is 0 Å². The number of fused-ring (bicyclic) bond motifs is 1. The maximum Gasteiger partial charge on any atom is 0.224 e. The summed E-state index contributed by atoms with van der Waals surface area (Å²) in [5.41, 5.74) is 1.67. The number of pyridine rings is 1. The zero-order valence-corrected chi connectivity index (χ0v) is 13.1. The van der Waals surface area contributed by atoms with Gasteiger partial charge in [-0.2, -0.15) is 0 Å². The fraction of sp³-hybridized carbons (Fsp3) is 0.500. The third-order valence-corrected chi connectivity index (χ3v) is 3.12. The van der Waals surface area contributed by atoms with E-state index in [1.807, 2.05) is 43.7 Å². The maximum atomic E-state index is 12.1. The summed E-state index contributed by atoms with van der Waals surface area (Å²) in [6.45, 7) is 7.29. The minimum absolute atomic E-state index is 0.0251. The second kappa shape index (κ2) is 6.26. The van der Waals surface area contributed by atoms with Gasteiger partial charge in [0.2, 0.25) is 5.91 Å². The van der Waals surface area contributed by atoms with Crippen LogP contribution in [0.3, 0.4) is 0 Å². The Hall–Kier alpha value is -1.88. The van der Waals surface area contributed by atoms with Gasteiger partial charge in [-0.05, 0) is 38.5 Å². The molecule has 0 aliphatic heterocycles. The van der Waals surface area contributed by atoms with Crippen LogP contribution < -0.4 is 5.32 Å². The third kappa shape index (κ3) is 4.04. The van der Waals surface area contributed by atoms with Crippen molar-refractivity contribution >= 4 is 16.9 Å². The number of aromatic nitrogens is 2. The SMILES string of the molecule is COCCn1cc(CC(=O)NC(C)(C)C)c2cccnc21. The van der Waals surface area contributed by atoms with Crippen LogP contribution in [0.15, 0.2) is 24.5 Å². The molecule has 114 valence electrons. The van der Waals surface area contributed by atoms with E-state index in [1.165, 1.54) is 0 Å². The Morgan fingerprint density at radius 3 is 2.86 bits per heavy atom. The Balaban J connectivity index is 2.25. The quantitative estimate of drug-likeness (QED) is 0.917. The van der Waals surface area contributed by atoms with Gasteiger partial charge in [0.25, 0.3) is 0 Å². The predicted octanol–water partition coefficient (Wildman–Crippen LogP) is 2.14. The van der Waals surface area contributed by atoms with Gasteiger partial charge in [-0.3, -0.25) is 4.79 Å². The van der Waals surface area contributed by atoms with Gasteiger partial charge in [0.05, 0.1) is 13.0 Å². The fourth-order valence-electron chi connectivity index (χ4n) is 2.33. The number of amides is 1. The van der Waals surface area contributed by atoms with E-state index in [0.717, 1.165) is 23.1 Å². The monoisotopic (exact) mass is 289 g/mol. The molecule has 2 heterocycles. The zero-order chi connectivity index (χ0) is 15.5. The largest absolute Gasteiger partial charge is 0.383 e. The van der Waals surface area contributed by atoms with E-state index in [1.54, 1.807) is 13.3 Å². The highest BCUT2D eigenvalue weighted by Gasteiger charge is 2.17. The van der Waals surface area contributed by atoms with E-state index in [0.29, 0.717) is 13.0 Å². The molecule has 5 nitrogen and oxygen atoms in total. The molecule has 2 aromatic heterocycles. The second-order valence-corrected chi connectivity index (χ2v) is 6.19. The summed E-state index contributed by atoms with van der Waals surface area (Å²) in [7, 11) is 1.68. The lowest BCUT2D eigenvalue weighted by molar-refractivity contribution is -0.121. The Morgan fingerprint density at radius 2 is 2.19 bits per heavy atom. The third-order valence-electron chi connectivity index (χ3n) is 3.12. The summed E-state index contributed by atoms with van der Waals surface area (Å²) in [4.78, 5) is 16.5. The molecule has 0 aromatic carbocycles. The number of nitrogens with one attached hydrogen (secondary N) is 1. The molecule has 0 fully saturated rings. The van der Waals surface area contributed by atoms with Gasteiger partial charge < -0.3 is 14.6 Å². The van der Waals surface area contributed by atoms with Crippen molar-refractivity contribution in [2.75, 3.05) is 13.7 Å². The van der Waals surface area contributed by atoms with Crippen molar-refractivity contribution in [1.29, 1.82) is 0 Å². The summed E-state index contributed by atoms with van der Waals surface area (Å²) in [5, 5.41) is 4.02.